The number of rotatable bonds is 7. The number of hydrogen-bond donors (Lipinski definition) is 0. The second-order valence-corrected chi connectivity index (χ2v) is 12.6. The maximum atomic E-state index is 13.9. The molecule has 0 amide bonds. The molecule has 9 nitrogen and oxygen atoms in total. The van der Waals surface area contributed by atoms with Gasteiger partial charge >= 0.3 is 5.97 Å². The zero-order valence-corrected chi connectivity index (χ0v) is 26.5. The lowest BCUT2D eigenvalue weighted by molar-refractivity contribution is -0.143. The summed E-state index contributed by atoms with van der Waals surface area (Å²) >= 11 is 9.49. The number of esters is 1. The Morgan fingerprint density at radius 3 is 2.67 bits per heavy atom. The number of halogens is 2. The third-order valence-corrected chi connectivity index (χ3v) is 8.95. The zero-order chi connectivity index (χ0) is 28.6. The van der Waals surface area contributed by atoms with Crippen molar-refractivity contribution in [1.82, 2.24) is 14.5 Å². The van der Waals surface area contributed by atoms with E-state index < -0.39 is 12.0 Å². The van der Waals surface area contributed by atoms with Gasteiger partial charge in [-0.05, 0) is 78.8 Å². The van der Waals surface area contributed by atoms with Gasteiger partial charge in [-0.2, -0.15) is 0 Å². The van der Waals surface area contributed by atoms with Crippen molar-refractivity contribution >= 4 is 67.0 Å². The summed E-state index contributed by atoms with van der Waals surface area (Å²) in [7, 11) is 1.55. The highest BCUT2D eigenvalue weighted by Crippen LogP contribution is 2.38. The number of ether oxygens (including phenoxy) is 2. The minimum Gasteiger partial charge on any atom is -0.496 e. The van der Waals surface area contributed by atoms with Crippen molar-refractivity contribution in [3.63, 3.8) is 0 Å². The summed E-state index contributed by atoms with van der Waals surface area (Å²) in [6.07, 6.45) is 4.61. The number of furan rings is 1. The SMILES string of the molecule is COc1ccc(Br)cc1[C@H]1C(C(=O)OC(C)C)=C(C)N=c2s/c(=C\c3cc(Br)c(Sc4ncccn4)o3)c(=O)n21. The van der Waals surface area contributed by atoms with Crippen molar-refractivity contribution in [2.24, 2.45) is 4.99 Å². The number of thiazole rings is 1. The van der Waals surface area contributed by atoms with Gasteiger partial charge in [-0.15, -0.1) is 0 Å². The Morgan fingerprint density at radius 1 is 1.23 bits per heavy atom. The predicted octanol–water partition coefficient (Wildman–Crippen LogP) is 5.25. The Kier molecular flexibility index (Phi) is 8.45. The average Bonchev–Trinajstić information content (AvgIpc) is 3.40. The van der Waals surface area contributed by atoms with Gasteiger partial charge in [0.05, 0.1) is 33.5 Å². The van der Waals surface area contributed by atoms with Gasteiger partial charge in [-0.3, -0.25) is 9.36 Å². The second-order valence-electron chi connectivity index (χ2n) is 8.84. The van der Waals surface area contributed by atoms with E-state index in [1.54, 1.807) is 64.5 Å². The summed E-state index contributed by atoms with van der Waals surface area (Å²) in [5.41, 5.74) is 1.03. The van der Waals surface area contributed by atoms with E-state index in [0.29, 0.717) is 46.8 Å². The van der Waals surface area contributed by atoms with Crippen LogP contribution >= 0.6 is 55.0 Å². The molecule has 1 aromatic carbocycles. The molecule has 1 aliphatic heterocycles. The molecule has 206 valence electrons. The van der Waals surface area contributed by atoms with Crippen LogP contribution in [0.5, 0.6) is 5.75 Å². The normalized spacial score (nSPS) is 15.3. The first-order valence-electron chi connectivity index (χ1n) is 12.0. The molecule has 3 aromatic heterocycles. The minimum atomic E-state index is -0.818. The Morgan fingerprint density at radius 2 is 1.98 bits per heavy atom. The molecule has 5 rings (SSSR count). The molecular formula is C27H22Br2N4O5S2. The molecule has 4 aromatic rings. The molecule has 13 heteroatoms. The standard InChI is InChI=1S/C27H22Br2N4O5S2/c1-13(2)37-24(35)21-14(3)32-27-33(22(21)17-10-15(28)6-7-19(17)36-4)23(34)20(39-27)12-16-11-18(29)25(38-16)40-26-30-8-5-9-31-26/h5-13,22H,1-4H3/b20-12-/t22-/m0/s1. The monoisotopic (exact) mass is 704 g/mol. The summed E-state index contributed by atoms with van der Waals surface area (Å²) in [5.74, 6) is 0.437. The molecule has 0 saturated heterocycles. The lowest BCUT2D eigenvalue weighted by Gasteiger charge is -2.26. The number of nitrogens with zero attached hydrogens (tertiary/aromatic N) is 4. The first-order chi connectivity index (χ1) is 19.2. The third kappa shape index (κ3) is 5.73. The van der Waals surface area contributed by atoms with Gasteiger partial charge in [-0.25, -0.2) is 19.8 Å². The van der Waals surface area contributed by atoms with Crippen LogP contribution < -0.4 is 19.6 Å². The fourth-order valence-corrected chi connectivity index (χ4v) is 6.78. The molecule has 0 spiro atoms. The van der Waals surface area contributed by atoms with Crippen LogP contribution in [0.3, 0.4) is 0 Å². The second kappa shape index (κ2) is 11.9. The van der Waals surface area contributed by atoms with Crippen molar-refractivity contribution in [2.75, 3.05) is 7.11 Å². The molecular weight excluding hydrogens is 684 g/mol. The van der Waals surface area contributed by atoms with E-state index in [0.717, 1.165) is 4.47 Å². The van der Waals surface area contributed by atoms with E-state index in [1.165, 1.54) is 27.7 Å². The number of aromatic nitrogens is 3. The maximum absolute atomic E-state index is 13.9. The topological polar surface area (TPSA) is 109 Å². The van der Waals surface area contributed by atoms with Crippen LogP contribution in [0, 0.1) is 0 Å². The van der Waals surface area contributed by atoms with Crippen LogP contribution in [0.1, 0.15) is 38.1 Å². The number of allylic oxidation sites excluding steroid dienone is 1. The smallest absolute Gasteiger partial charge is 0.338 e. The molecule has 1 atom stereocenters. The molecule has 1 aliphatic rings. The maximum Gasteiger partial charge on any atom is 0.338 e. The number of carbonyl (C=O) groups is 1. The van der Waals surface area contributed by atoms with E-state index in [-0.39, 0.29) is 17.2 Å². The Balaban J connectivity index is 1.66. The van der Waals surface area contributed by atoms with Crippen molar-refractivity contribution < 1.29 is 18.7 Å². The fraction of sp³-hybridized carbons (Fsp3) is 0.222. The number of hydrogen-bond acceptors (Lipinski definition) is 10. The van der Waals surface area contributed by atoms with Gasteiger partial charge in [0.15, 0.2) is 15.1 Å². The average molecular weight is 706 g/mol. The molecule has 0 unspecified atom stereocenters. The first-order valence-corrected chi connectivity index (χ1v) is 15.2. The lowest BCUT2D eigenvalue weighted by atomic mass is 9.95. The van der Waals surface area contributed by atoms with Crippen molar-refractivity contribution in [2.45, 2.75) is 43.2 Å². The Labute approximate surface area is 253 Å². The fourth-order valence-electron chi connectivity index (χ4n) is 4.13. The van der Waals surface area contributed by atoms with Crippen LogP contribution in [0.15, 0.2) is 87.4 Å². The first kappa shape index (κ1) is 28.5. The van der Waals surface area contributed by atoms with Crippen LogP contribution in [0.2, 0.25) is 0 Å². The summed E-state index contributed by atoms with van der Waals surface area (Å²) in [5, 5.41) is 1.08. The molecule has 0 N–H and O–H groups in total. The highest BCUT2D eigenvalue weighted by Gasteiger charge is 2.35. The highest BCUT2D eigenvalue weighted by molar-refractivity contribution is 9.10. The van der Waals surface area contributed by atoms with Gasteiger partial charge in [0, 0.05) is 28.5 Å². The van der Waals surface area contributed by atoms with Gasteiger partial charge in [-0.1, -0.05) is 27.3 Å². The van der Waals surface area contributed by atoms with E-state index in [1.807, 2.05) is 12.1 Å². The lowest BCUT2D eigenvalue weighted by Crippen LogP contribution is -2.40. The number of methoxy groups -OCH3 is 1. The van der Waals surface area contributed by atoms with E-state index >= 15 is 0 Å². The zero-order valence-electron chi connectivity index (χ0n) is 21.7. The quantitative estimate of drug-likeness (QED) is 0.190. The molecule has 0 radical (unpaired) electrons. The summed E-state index contributed by atoms with van der Waals surface area (Å²) < 4.78 is 20.6. The minimum absolute atomic E-state index is 0.270. The van der Waals surface area contributed by atoms with Crippen molar-refractivity contribution in [1.29, 1.82) is 0 Å². The Hall–Kier alpha value is -3.00. The van der Waals surface area contributed by atoms with Gasteiger partial charge in [0.25, 0.3) is 5.56 Å². The Bertz CT molecular complexity index is 1810. The molecule has 0 saturated carbocycles. The molecule has 4 heterocycles. The summed E-state index contributed by atoms with van der Waals surface area (Å²) in [6.45, 7) is 5.29. The summed E-state index contributed by atoms with van der Waals surface area (Å²) in [6, 6.07) is 8.14. The molecule has 0 aliphatic carbocycles. The van der Waals surface area contributed by atoms with Crippen molar-refractivity contribution in [3.05, 3.63) is 94.0 Å². The largest absolute Gasteiger partial charge is 0.496 e. The van der Waals surface area contributed by atoms with Gasteiger partial charge in [0.1, 0.15) is 17.6 Å². The third-order valence-electron chi connectivity index (χ3n) is 5.74. The van der Waals surface area contributed by atoms with Crippen LogP contribution in [0.4, 0.5) is 0 Å². The number of fused-ring (bicyclic) bond motifs is 1. The van der Waals surface area contributed by atoms with Crippen molar-refractivity contribution in [3.8, 4) is 5.75 Å². The van der Waals surface area contributed by atoms with E-state index in [2.05, 4.69) is 46.8 Å². The predicted molar refractivity (Wildman–Crippen MR) is 158 cm³/mol. The van der Waals surface area contributed by atoms with Crippen LogP contribution in [-0.4, -0.2) is 33.7 Å². The van der Waals surface area contributed by atoms with Gasteiger partial charge in [0.2, 0.25) is 0 Å². The molecule has 40 heavy (non-hydrogen) atoms. The van der Waals surface area contributed by atoms with E-state index in [9.17, 15) is 9.59 Å². The number of carbonyl (C=O) groups excluding carboxylic acids is 1. The highest BCUT2D eigenvalue weighted by atomic mass is 79.9. The molecule has 0 bridgehead atoms. The van der Waals surface area contributed by atoms with Gasteiger partial charge < -0.3 is 13.9 Å². The number of benzene rings is 1. The van der Waals surface area contributed by atoms with Crippen LogP contribution in [-0.2, 0) is 9.53 Å². The molecule has 0 fully saturated rings. The van der Waals surface area contributed by atoms with Crippen LogP contribution in [0.25, 0.3) is 6.08 Å². The van der Waals surface area contributed by atoms with E-state index in [4.69, 9.17) is 13.9 Å². The summed E-state index contributed by atoms with van der Waals surface area (Å²) in [4.78, 5) is 40.8.